The highest BCUT2D eigenvalue weighted by atomic mass is 19.4. The summed E-state index contributed by atoms with van der Waals surface area (Å²) in [4.78, 5) is 15.4. The molecule has 3 aromatic rings. The Morgan fingerprint density at radius 3 is 2.50 bits per heavy atom. The minimum Gasteiger partial charge on any atom is -0.436 e. The van der Waals surface area contributed by atoms with Crippen LogP contribution in [-0.2, 0) is 4.79 Å². The van der Waals surface area contributed by atoms with Crippen molar-refractivity contribution in [3.8, 4) is 11.5 Å². The predicted molar refractivity (Wildman–Crippen MR) is 92.8 cm³/mol. The molecule has 0 aliphatic rings. The number of alkyl halides is 3. The molecule has 0 saturated heterocycles. The fraction of sp³-hybridized carbons (Fsp3) is 0.263. The summed E-state index contributed by atoms with van der Waals surface area (Å²) in [5.74, 6) is -1.23. The van der Waals surface area contributed by atoms with Gasteiger partial charge in [-0.05, 0) is 54.3 Å². The lowest BCUT2D eigenvalue weighted by Crippen LogP contribution is -2.29. The molecule has 1 heterocycles. The number of aromatic nitrogens is 1. The minimum absolute atomic E-state index is 0.0474. The van der Waals surface area contributed by atoms with E-state index in [2.05, 4.69) is 18.8 Å². The van der Waals surface area contributed by atoms with Crippen molar-refractivity contribution in [3.05, 3.63) is 48.0 Å². The van der Waals surface area contributed by atoms with Crippen LogP contribution in [0.25, 0.3) is 22.6 Å². The van der Waals surface area contributed by atoms with Crippen LogP contribution in [0.2, 0.25) is 0 Å². The maximum Gasteiger partial charge on any atom is 0.471 e. The second-order valence-corrected chi connectivity index (χ2v) is 6.08. The molecule has 1 amide bonds. The number of amides is 1. The zero-order valence-corrected chi connectivity index (χ0v) is 14.2. The molecule has 0 bridgehead atoms. The third-order valence-electron chi connectivity index (χ3n) is 4.24. The average molecular weight is 362 g/mol. The van der Waals surface area contributed by atoms with Crippen LogP contribution in [0.3, 0.4) is 0 Å². The lowest BCUT2D eigenvalue weighted by Gasteiger charge is -2.07. The molecule has 0 spiro atoms. The molecular formula is C19H17F3N2O2. The van der Waals surface area contributed by atoms with Crippen molar-refractivity contribution in [1.82, 2.24) is 4.98 Å². The Bertz CT molecular complexity index is 930. The fourth-order valence-corrected chi connectivity index (χ4v) is 2.51. The van der Waals surface area contributed by atoms with Gasteiger partial charge in [0.05, 0.1) is 0 Å². The molecule has 0 aliphatic carbocycles. The zero-order valence-electron chi connectivity index (χ0n) is 14.2. The molecule has 0 aliphatic heterocycles. The van der Waals surface area contributed by atoms with Gasteiger partial charge >= 0.3 is 12.1 Å². The van der Waals surface area contributed by atoms with E-state index in [1.54, 1.807) is 17.4 Å². The number of nitrogens with one attached hydrogen (secondary N) is 1. The van der Waals surface area contributed by atoms with Crippen LogP contribution in [0.4, 0.5) is 18.9 Å². The van der Waals surface area contributed by atoms with E-state index < -0.39 is 12.1 Å². The highest BCUT2D eigenvalue weighted by molar-refractivity contribution is 5.95. The summed E-state index contributed by atoms with van der Waals surface area (Å²) >= 11 is 0. The van der Waals surface area contributed by atoms with Gasteiger partial charge in [0.2, 0.25) is 5.89 Å². The quantitative estimate of drug-likeness (QED) is 0.666. The van der Waals surface area contributed by atoms with Gasteiger partial charge in [0.15, 0.2) is 5.58 Å². The van der Waals surface area contributed by atoms with E-state index in [0.717, 1.165) is 11.9 Å². The maximum absolute atomic E-state index is 12.3. The topological polar surface area (TPSA) is 55.1 Å². The van der Waals surface area contributed by atoms with E-state index in [9.17, 15) is 18.0 Å². The molecule has 1 aromatic heterocycles. The fourth-order valence-electron chi connectivity index (χ4n) is 2.51. The van der Waals surface area contributed by atoms with Gasteiger partial charge in [0.25, 0.3) is 0 Å². The predicted octanol–water partition coefficient (Wildman–Crippen LogP) is 5.51. The maximum atomic E-state index is 12.3. The molecule has 4 nitrogen and oxygen atoms in total. The molecule has 1 atom stereocenters. The summed E-state index contributed by atoms with van der Waals surface area (Å²) < 4.78 is 42.5. The van der Waals surface area contributed by atoms with Gasteiger partial charge in [0, 0.05) is 11.3 Å². The summed E-state index contributed by atoms with van der Waals surface area (Å²) in [6.45, 7) is 4.25. The van der Waals surface area contributed by atoms with E-state index in [-0.39, 0.29) is 5.69 Å². The van der Waals surface area contributed by atoms with Crippen LogP contribution in [0, 0.1) is 0 Å². The number of carbonyl (C=O) groups excluding carboxylic acids is 1. The molecule has 3 rings (SSSR count). The Morgan fingerprint density at radius 1 is 1.19 bits per heavy atom. The van der Waals surface area contributed by atoms with E-state index in [4.69, 9.17) is 4.42 Å². The van der Waals surface area contributed by atoms with Crippen molar-refractivity contribution in [2.75, 3.05) is 5.32 Å². The first-order valence-electron chi connectivity index (χ1n) is 8.17. The van der Waals surface area contributed by atoms with Gasteiger partial charge < -0.3 is 9.73 Å². The zero-order chi connectivity index (χ0) is 18.9. The molecule has 2 aromatic carbocycles. The van der Waals surface area contributed by atoms with Gasteiger partial charge in [0.1, 0.15) is 5.52 Å². The van der Waals surface area contributed by atoms with Crippen molar-refractivity contribution in [3.63, 3.8) is 0 Å². The van der Waals surface area contributed by atoms with Crippen molar-refractivity contribution >= 4 is 22.7 Å². The standard InChI is InChI=1S/C19H17F3N2O2/c1-3-11(2)13-6-9-16-15(10-13)24-17(26-16)12-4-7-14(8-5-12)23-18(25)19(20,21)22/h4-11H,3H2,1-2H3,(H,23,25). The normalized spacial score (nSPS) is 13.0. The number of carbonyl (C=O) groups is 1. The van der Waals surface area contributed by atoms with Gasteiger partial charge in [-0.3, -0.25) is 4.79 Å². The van der Waals surface area contributed by atoms with Crippen LogP contribution < -0.4 is 5.32 Å². The van der Waals surface area contributed by atoms with Crippen LogP contribution in [0.15, 0.2) is 46.9 Å². The van der Waals surface area contributed by atoms with E-state index in [1.807, 2.05) is 18.2 Å². The van der Waals surface area contributed by atoms with Crippen LogP contribution in [0.1, 0.15) is 31.7 Å². The monoisotopic (exact) mass is 362 g/mol. The number of fused-ring (bicyclic) bond motifs is 1. The van der Waals surface area contributed by atoms with E-state index >= 15 is 0 Å². The summed E-state index contributed by atoms with van der Waals surface area (Å²) in [6.07, 6.45) is -3.91. The highest BCUT2D eigenvalue weighted by Gasteiger charge is 2.38. The summed E-state index contributed by atoms with van der Waals surface area (Å²) in [6, 6.07) is 11.7. The average Bonchev–Trinajstić information content (AvgIpc) is 3.04. The second-order valence-electron chi connectivity index (χ2n) is 6.08. The van der Waals surface area contributed by atoms with Crippen LogP contribution >= 0.6 is 0 Å². The van der Waals surface area contributed by atoms with Crippen LogP contribution in [0.5, 0.6) is 0 Å². The number of benzene rings is 2. The molecule has 7 heteroatoms. The Labute approximate surface area is 148 Å². The van der Waals surface area contributed by atoms with Gasteiger partial charge in [-0.2, -0.15) is 13.2 Å². The lowest BCUT2D eigenvalue weighted by molar-refractivity contribution is -0.167. The van der Waals surface area contributed by atoms with Gasteiger partial charge in [-0.15, -0.1) is 0 Å². The number of hydrogen-bond acceptors (Lipinski definition) is 3. The van der Waals surface area contributed by atoms with Gasteiger partial charge in [-0.1, -0.05) is 19.9 Å². The number of anilines is 1. The summed E-state index contributed by atoms with van der Waals surface area (Å²) in [5.41, 5.74) is 3.20. The molecule has 0 radical (unpaired) electrons. The number of halogens is 3. The third-order valence-corrected chi connectivity index (χ3v) is 4.24. The molecule has 1 N–H and O–H groups in total. The van der Waals surface area contributed by atoms with E-state index in [1.165, 1.54) is 17.7 Å². The van der Waals surface area contributed by atoms with Crippen molar-refractivity contribution < 1.29 is 22.4 Å². The first-order chi connectivity index (χ1) is 12.3. The third kappa shape index (κ3) is 3.71. The Balaban J connectivity index is 1.84. The van der Waals surface area contributed by atoms with Crippen molar-refractivity contribution in [2.45, 2.75) is 32.4 Å². The van der Waals surface area contributed by atoms with E-state index in [0.29, 0.717) is 23.0 Å². The largest absolute Gasteiger partial charge is 0.471 e. The molecule has 0 saturated carbocycles. The summed E-state index contributed by atoms with van der Waals surface area (Å²) in [5, 5.41) is 1.80. The van der Waals surface area contributed by atoms with Crippen LogP contribution in [-0.4, -0.2) is 17.1 Å². The summed E-state index contributed by atoms with van der Waals surface area (Å²) in [7, 11) is 0. The molecule has 1 unspecified atom stereocenters. The SMILES string of the molecule is CCC(C)c1ccc2oc(-c3ccc(NC(=O)C(F)(F)F)cc3)nc2c1. The Morgan fingerprint density at radius 2 is 1.88 bits per heavy atom. The van der Waals surface area contributed by atoms with Crippen molar-refractivity contribution in [2.24, 2.45) is 0 Å². The first kappa shape index (κ1) is 18.0. The highest BCUT2D eigenvalue weighted by Crippen LogP contribution is 2.28. The van der Waals surface area contributed by atoms with Gasteiger partial charge in [-0.25, -0.2) is 4.98 Å². The first-order valence-corrected chi connectivity index (χ1v) is 8.17. The molecular weight excluding hydrogens is 345 g/mol. The molecule has 0 fully saturated rings. The number of nitrogens with zero attached hydrogens (tertiary/aromatic N) is 1. The molecule has 136 valence electrons. The van der Waals surface area contributed by atoms with Crippen molar-refractivity contribution in [1.29, 1.82) is 0 Å². The smallest absolute Gasteiger partial charge is 0.436 e. The number of hydrogen-bond donors (Lipinski definition) is 1. The Hall–Kier alpha value is -2.83. The minimum atomic E-state index is -4.92. The lowest BCUT2D eigenvalue weighted by atomic mass is 9.98. The number of oxazole rings is 1. The Kier molecular flexibility index (Phi) is 4.71. The number of rotatable bonds is 4. The molecule has 26 heavy (non-hydrogen) atoms. The second kappa shape index (κ2) is 6.82.